The number of anilines is 4. The molecule has 2 aromatic carbocycles. The lowest BCUT2D eigenvalue weighted by molar-refractivity contribution is 0.122. The number of aromatic nitrogens is 3. The summed E-state index contributed by atoms with van der Waals surface area (Å²) in [6, 6.07) is 13.9. The Morgan fingerprint density at radius 2 is 1.74 bits per heavy atom. The second-order valence-electron chi connectivity index (χ2n) is 6.91. The van der Waals surface area contributed by atoms with E-state index in [9.17, 15) is 0 Å². The number of nitrogens with one attached hydrogen (secondary N) is 2. The van der Waals surface area contributed by atoms with Crippen molar-refractivity contribution in [3.63, 3.8) is 0 Å². The lowest BCUT2D eigenvalue weighted by atomic mass is 10.2. The van der Waals surface area contributed by atoms with Gasteiger partial charge < -0.3 is 15.0 Å². The highest BCUT2D eigenvalue weighted by Gasteiger charge is 2.17. The first-order valence-electron chi connectivity index (χ1n) is 9.73. The highest BCUT2D eigenvalue weighted by molar-refractivity contribution is 9.10. The summed E-state index contributed by atoms with van der Waals surface area (Å²) in [4.78, 5) is 15.7. The smallest absolute Gasteiger partial charge is 0.250 e. The number of aryl methyl sites for hydroxylation is 1. The van der Waals surface area contributed by atoms with Crippen molar-refractivity contribution in [2.45, 2.75) is 6.92 Å². The van der Waals surface area contributed by atoms with Crippen LogP contribution in [0.3, 0.4) is 0 Å². The zero-order valence-electron chi connectivity index (χ0n) is 16.8. The summed E-state index contributed by atoms with van der Waals surface area (Å²) in [6.07, 6.45) is 1.72. The molecule has 8 nitrogen and oxygen atoms in total. The first kappa shape index (κ1) is 21.7. The molecule has 0 aliphatic carbocycles. The Morgan fingerprint density at radius 3 is 2.48 bits per heavy atom. The lowest BCUT2D eigenvalue weighted by Gasteiger charge is -2.27. The van der Waals surface area contributed by atoms with Crippen molar-refractivity contribution in [3.8, 4) is 0 Å². The molecule has 1 aromatic heterocycles. The summed E-state index contributed by atoms with van der Waals surface area (Å²) in [5, 5.41) is 7.55. The van der Waals surface area contributed by atoms with Crippen LogP contribution in [0, 0.1) is 6.92 Å². The highest BCUT2D eigenvalue weighted by Crippen LogP contribution is 2.26. The van der Waals surface area contributed by atoms with Crippen molar-refractivity contribution in [3.05, 3.63) is 62.5 Å². The summed E-state index contributed by atoms with van der Waals surface area (Å²) < 4.78 is 7.40. The molecule has 1 fully saturated rings. The Labute approximate surface area is 197 Å². The molecule has 160 valence electrons. The van der Waals surface area contributed by atoms with E-state index in [2.05, 4.69) is 67.6 Å². The average Bonchev–Trinajstić information content (AvgIpc) is 2.78. The first-order valence-corrected chi connectivity index (χ1v) is 11.3. The quantitative estimate of drug-likeness (QED) is 0.341. The number of morpholine rings is 1. The van der Waals surface area contributed by atoms with E-state index in [0.717, 1.165) is 38.8 Å². The van der Waals surface area contributed by atoms with Crippen molar-refractivity contribution in [1.82, 2.24) is 15.0 Å². The van der Waals surface area contributed by atoms with Gasteiger partial charge in [-0.1, -0.05) is 34.1 Å². The number of benzene rings is 2. The van der Waals surface area contributed by atoms with Gasteiger partial charge in [0.25, 0.3) is 0 Å². The fraction of sp³-hybridized carbons (Fsp3) is 0.238. The molecule has 1 aliphatic heterocycles. The summed E-state index contributed by atoms with van der Waals surface area (Å²) in [6.45, 7) is 4.77. The van der Waals surface area contributed by atoms with Crippen LogP contribution in [0.2, 0.25) is 0 Å². The van der Waals surface area contributed by atoms with Crippen LogP contribution in [-0.2, 0) is 4.74 Å². The Kier molecular flexibility index (Phi) is 7.10. The Hall–Kier alpha value is -2.56. The molecule has 0 saturated carbocycles. The predicted octanol–water partition coefficient (Wildman–Crippen LogP) is 4.73. The van der Waals surface area contributed by atoms with Gasteiger partial charge >= 0.3 is 0 Å². The molecule has 31 heavy (non-hydrogen) atoms. The van der Waals surface area contributed by atoms with Gasteiger partial charge in [-0.25, -0.2) is 5.43 Å². The minimum Gasteiger partial charge on any atom is -0.378 e. The molecule has 4 rings (SSSR count). The molecule has 0 bridgehead atoms. The van der Waals surface area contributed by atoms with E-state index in [1.54, 1.807) is 6.21 Å². The van der Waals surface area contributed by atoms with Gasteiger partial charge in [-0.05, 0) is 58.2 Å². The third kappa shape index (κ3) is 5.99. The van der Waals surface area contributed by atoms with Crippen LogP contribution in [0.4, 0.5) is 23.5 Å². The van der Waals surface area contributed by atoms with Gasteiger partial charge in [0.1, 0.15) is 0 Å². The summed E-state index contributed by atoms with van der Waals surface area (Å²) in [5.74, 6) is 1.36. The molecule has 2 heterocycles. The van der Waals surface area contributed by atoms with Gasteiger partial charge in [-0.3, -0.25) is 0 Å². The summed E-state index contributed by atoms with van der Waals surface area (Å²) >= 11 is 7.02. The second-order valence-corrected chi connectivity index (χ2v) is 8.68. The van der Waals surface area contributed by atoms with E-state index >= 15 is 0 Å². The summed E-state index contributed by atoms with van der Waals surface area (Å²) in [7, 11) is 0. The maximum atomic E-state index is 5.45. The second kappa shape index (κ2) is 10.2. The monoisotopic (exact) mass is 545 g/mol. The fourth-order valence-electron chi connectivity index (χ4n) is 2.93. The molecule has 0 spiro atoms. The van der Waals surface area contributed by atoms with Crippen molar-refractivity contribution in [2.75, 3.05) is 41.9 Å². The van der Waals surface area contributed by atoms with E-state index in [-0.39, 0.29) is 0 Å². The van der Waals surface area contributed by atoms with Gasteiger partial charge in [-0.2, -0.15) is 20.1 Å². The number of hydrogen-bond donors (Lipinski definition) is 2. The molecule has 0 radical (unpaired) electrons. The van der Waals surface area contributed by atoms with Crippen LogP contribution >= 0.6 is 31.9 Å². The van der Waals surface area contributed by atoms with Crippen molar-refractivity contribution in [2.24, 2.45) is 5.10 Å². The molecule has 10 heteroatoms. The van der Waals surface area contributed by atoms with Gasteiger partial charge in [-0.15, -0.1) is 0 Å². The number of ether oxygens (including phenoxy) is 1. The third-order valence-corrected chi connectivity index (χ3v) is 5.72. The maximum Gasteiger partial charge on any atom is 0.250 e. The number of hydrogen-bond acceptors (Lipinski definition) is 8. The molecule has 0 atom stereocenters. The van der Waals surface area contributed by atoms with Crippen LogP contribution in [0.15, 0.2) is 56.5 Å². The molecule has 2 N–H and O–H groups in total. The maximum absolute atomic E-state index is 5.45. The van der Waals surface area contributed by atoms with Crippen molar-refractivity contribution >= 4 is 61.6 Å². The molecule has 3 aromatic rings. The van der Waals surface area contributed by atoms with E-state index in [4.69, 9.17) is 4.74 Å². The SMILES string of the molecule is Cc1ccc(Nc2nc(N/N=C\c3ccc(Br)cc3)nc(N3CCOCC3)n2)c(Br)c1. The van der Waals surface area contributed by atoms with Crippen molar-refractivity contribution < 1.29 is 4.74 Å². The Bertz CT molecular complexity index is 1070. The van der Waals surface area contributed by atoms with E-state index in [1.807, 2.05) is 49.4 Å². The van der Waals surface area contributed by atoms with Crippen LogP contribution in [-0.4, -0.2) is 47.5 Å². The number of nitrogens with zero attached hydrogens (tertiary/aromatic N) is 5. The Morgan fingerprint density at radius 1 is 1.00 bits per heavy atom. The van der Waals surface area contributed by atoms with Crippen LogP contribution in [0.25, 0.3) is 0 Å². The predicted molar refractivity (Wildman–Crippen MR) is 130 cm³/mol. The molecule has 1 aliphatic rings. The molecule has 1 saturated heterocycles. The minimum absolute atomic E-state index is 0.357. The Balaban J connectivity index is 1.58. The van der Waals surface area contributed by atoms with Crippen LogP contribution in [0.1, 0.15) is 11.1 Å². The first-order chi connectivity index (χ1) is 15.1. The lowest BCUT2D eigenvalue weighted by Crippen LogP contribution is -2.37. The molecule has 0 amide bonds. The third-order valence-electron chi connectivity index (χ3n) is 4.54. The topological polar surface area (TPSA) is 87.6 Å². The van der Waals surface area contributed by atoms with Gasteiger partial charge in [0.15, 0.2) is 0 Å². The van der Waals surface area contributed by atoms with E-state index in [0.29, 0.717) is 31.1 Å². The molecule has 0 unspecified atom stereocenters. The normalized spacial score (nSPS) is 14.1. The zero-order valence-corrected chi connectivity index (χ0v) is 20.0. The average molecular weight is 547 g/mol. The minimum atomic E-state index is 0.357. The summed E-state index contributed by atoms with van der Waals surface area (Å²) in [5.41, 5.74) is 5.91. The number of rotatable bonds is 6. The van der Waals surface area contributed by atoms with E-state index in [1.165, 1.54) is 0 Å². The van der Waals surface area contributed by atoms with Gasteiger partial charge in [0, 0.05) is 22.0 Å². The fourth-order valence-corrected chi connectivity index (χ4v) is 3.79. The van der Waals surface area contributed by atoms with E-state index < -0.39 is 0 Å². The van der Waals surface area contributed by atoms with Gasteiger partial charge in [0.2, 0.25) is 17.8 Å². The number of hydrazone groups is 1. The van der Waals surface area contributed by atoms with Crippen LogP contribution in [0.5, 0.6) is 0 Å². The van der Waals surface area contributed by atoms with Crippen molar-refractivity contribution in [1.29, 1.82) is 0 Å². The van der Waals surface area contributed by atoms with Crippen LogP contribution < -0.4 is 15.6 Å². The number of halogens is 2. The highest BCUT2D eigenvalue weighted by atomic mass is 79.9. The largest absolute Gasteiger partial charge is 0.378 e. The van der Waals surface area contributed by atoms with Gasteiger partial charge in [0.05, 0.1) is 25.1 Å². The standard InChI is InChI=1S/C21H21Br2N7O/c1-14-2-7-18(17(23)12-14)25-19-26-20(28-21(27-19)30-8-10-31-11-9-30)29-24-13-15-3-5-16(22)6-4-15/h2-7,12-13H,8-11H2,1H3,(H2,25,26,27,28,29)/b24-13-. The molecular formula is C21H21Br2N7O. The molecular weight excluding hydrogens is 526 g/mol. The zero-order chi connectivity index (χ0) is 21.6.